The third kappa shape index (κ3) is 2.42. The molecule has 0 amide bonds. The van der Waals surface area contributed by atoms with Gasteiger partial charge in [0, 0.05) is 31.2 Å². The second-order valence-electron chi connectivity index (χ2n) is 2.62. The second kappa shape index (κ2) is 5.17. The van der Waals surface area contributed by atoms with Gasteiger partial charge in [-0.1, -0.05) is 13.8 Å². The van der Waals surface area contributed by atoms with Crippen LogP contribution in [0.15, 0.2) is 36.8 Å². The van der Waals surface area contributed by atoms with Gasteiger partial charge in [0.25, 0.3) is 0 Å². The van der Waals surface area contributed by atoms with Crippen LogP contribution in [-0.2, 0) is 7.05 Å². The summed E-state index contributed by atoms with van der Waals surface area (Å²) in [5.41, 5.74) is 2.02. The predicted octanol–water partition coefficient (Wildman–Crippen LogP) is 2.51. The maximum atomic E-state index is 4.26. The van der Waals surface area contributed by atoms with Gasteiger partial charge in [-0.3, -0.25) is 9.67 Å². The second-order valence-corrected chi connectivity index (χ2v) is 2.62. The van der Waals surface area contributed by atoms with Crippen molar-refractivity contribution in [1.29, 1.82) is 0 Å². The molecule has 0 spiro atoms. The lowest BCUT2D eigenvalue weighted by Gasteiger charge is -1.92. The molecule has 0 aliphatic heterocycles. The number of aryl methyl sites for hydroxylation is 1. The Kier molecular flexibility index (Phi) is 3.85. The minimum absolute atomic E-state index is 0.964. The molecule has 0 saturated heterocycles. The summed E-state index contributed by atoms with van der Waals surface area (Å²) in [5, 5.41) is 4.26. The first-order valence-corrected chi connectivity index (χ1v) is 4.76. The summed E-state index contributed by atoms with van der Waals surface area (Å²) >= 11 is 0. The van der Waals surface area contributed by atoms with E-state index < -0.39 is 0 Å². The van der Waals surface area contributed by atoms with Gasteiger partial charge in [0.05, 0.1) is 5.69 Å². The van der Waals surface area contributed by atoms with Gasteiger partial charge in [0.1, 0.15) is 0 Å². The van der Waals surface area contributed by atoms with E-state index in [9.17, 15) is 0 Å². The quantitative estimate of drug-likeness (QED) is 0.690. The van der Waals surface area contributed by atoms with Gasteiger partial charge in [-0.25, -0.2) is 0 Å². The molecule has 2 rings (SSSR count). The van der Waals surface area contributed by atoms with E-state index in [4.69, 9.17) is 0 Å². The highest BCUT2D eigenvalue weighted by atomic mass is 15.2. The fourth-order valence-corrected chi connectivity index (χ4v) is 1.08. The maximum absolute atomic E-state index is 4.26. The van der Waals surface area contributed by atoms with Crippen LogP contribution in [0.5, 0.6) is 0 Å². The summed E-state index contributed by atoms with van der Waals surface area (Å²) in [7, 11) is 1.90. The van der Waals surface area contributed by atoms with E-state index in [2.05, 4.69) is 10.1 Å². The molecule has 0 radical (unpaired) electrons. The van der Waals surface area contributed by atoms with Crippen LogP contribution in [0.2, 0.25) is 0 Å². The van der Waals surface area contributed by atoms with Crippen LogP contribution in [0.25, 0.3) is 11.3 Å². The number of nitrogens with zero attached hydrogens (tertiary/aromatic N) is 3. The van der Waals surface area contributed by atoms with Crippen molar-refractivity contribution in [2.45, 2.75) is 13.8 Å². The molecule has 0 saturated carbocycles. The molecule has 0 unspecified atom stereocenters. The minimum atomic E-state index is 0.964. The Hall–Kier alpha value is -1.64. The Balaban J connectivity index is 0.000000461. The van der Waals surface area contributed by atoms with Crippen LogP contribution >= 0.6 is 0 Å². The zero-order valence-electron chi connectivity index (χ0n) is 8.81. The molecule has 2 heterocycles. The molecule has 74 valence electrons. The van der Waals surface area contributed by atoms with E-state index in [1.807, 2.05) is 51.5 Å². The van der Waals surface area contributed by atoms with Crippen LogP contribution in [0.1, 0.15) is 13.8 Å². The van der Waals surface area contributed by atoms with E-state index in [-0.39, 0.29) is 0 Å². The molecule has 14 heavy (non-hydrogen) atoms. The van der Waals surface area contributed by atoms with Crippen LogP contribution in [0, 0.1) is 0 Å². The lowest BCUT2D eigenvalue weighted by atomic mass is 10.2. The first-order chi connectivity index (χ1) is 6.86. The number of aromatic nitrogens is 3. The smallest absolute Gasteiger partial charge is 0.0938 e. The summed E-state index contributed by atoms with van der Waals surface area (Å²) in [5.74, 6) is 0. The average molecular weight is 189 g/mol. The van der Waals surface area contributed by atoms with Crippen LogP contribution < -0.4 is 0 Å². The van der Waals surface area contributed by atoms with Gasteiger partial charge in [-0.2, -0.15) is 5.10 Å². The molecule has 0 N–H and O–H groups in total. The molecule has 0 aliphatic rings. The SMILES string of the molecule is CC.Cn1ccc(-c2cccnc2)n1. The van der Waals surface area contributed by atoms with Crippen molar-refractivity contribution in [3.8, 4) is 11.3 Å². The first kappa shape index (κ1) is 10.4. The summed E-state index contributed by atoms with van der Waals surface area (Å²) in [4.78, 5) is 4.02. The molecule has 2 aromatic rings. The van der Waals surface area contributed by atoms with Gasteiger partial charge < -0.3 is 0 Å². The van der Waals surface area contributed by atoms with Gasteiger partial charge in [-0.05, 0) is 18.2 Å². The largest absolute Gasteiger partial charge is 0.275 e. The first-order valence-electron chi connectivity index (χ1n) is 4.76. The van der Waals surface area contributed by atoms with Crippen molar-refractivity contribution in [3.63, 3.8) is 0 Å². The number of pyridine rings is 1. The van der Waals surface area contributed by atoms with Crippen molar-refractivity contribution in [2.75, 3.05) is 0 Å². The Morgan fingerprint density at radius 3 is 2.50 bits per heavy atom. The molecular formula is C11H15N3. The summed E-state index contributed by atoms with van der Waals surface area (Å²) in [6, 6.07) is 5.87. The third-order valence-corrected chi connectivity index (χ3v) is 1.67. The average Bonchev–Trinajstić information content (AvgIpc) is 2.69. The van der Waals surface area contributed by atoms with E-state index in [0.29, 0.717) is 0 Å². The highest BCUT2D eigenvalue weighted by Crippen LogP contribution is 2.13. The molecular weight excluding hydrogens is 174 g/mol. The Morgan fingerprint density at radius 1 is 1.21 bits per heavy atom. The fraction of sp³-hybridized carbons (Fsp3) is 0.273. The number of hydrogen-bond donors (Lipinski definition) is 0. The summed E-state index contributed by atoms with van der Waals surface area (Å²) < 4.78 is 1.78. The van der Waals surface area contributed by atoms with Gasteiger partial charge in [0.15, 0.2) is 0 Å². The van der Waals surface area contributed by atoms with Crippen molar-refractivity contribution in [3.05, 3.63) is 36.8 Å². The Morgan fingerprint density at radius 2 is 2.00 bits per heavy atom. The monoisotopic (exact) mass is 189 g/mol. The standard InChI is InChI=1S/C9H9N3.C2H6/c1-12-6-4-9(11-12)8-3-2-5-10-7-8;1-2/h2-7H,1H3;1-2H3. The van der Waals surface area contributed by atoms with Gasteiger partial charge in [0.2, 0.25) is 0 Å². The zero-order chi connectivity index (χ0) is 10.4. The van der Waals surface area contributed by atoms with Gasteiger partial charge in [-0.15, -0.1) is 0 Å². The summed E-state index contributed by atoms with van der Waals surface area (Å²) in [6.07, 6.45) is 5.48. The topological polar surface area (TPSA) is 30.7 Å². The maximum Gasteiger partial charge on any atom is 0.0938 e. The van der Waals surface area contributed by atoms with Crippen molar-refractivity contribution < 1.29 is 0 Å². The lowest BCUT2D eigenvalue weighted by molar-refractivity contribution is 0.771. The molecule has 3 nitrogen and oxygen atoms in total. The molecule has 3 heteroatoms. The van der Waals surface area contributed by atoms with E-state index in [1.54, 1.807) is 10.9 Å². The minimum Gasteiger partial charge on any atom is -0.275 e. The molecule has 0 fully saturated rings. The molecule has 2 aromatic heterocycles. The van der Waals surface area contributed by atoms with Gasteiger partial charge >= 0.3 is 0 Å². The van der Waals surface area contributed by atoms with E-state index >= 15 is 0 Å². The predicted molar refractivity (Wildman–Crippen MR) is 57.8 cm³/mol. The fourth-order valence-electron chi connectivity index (χ4n) is 1.08. The highest BCUT2D eigenvalue weighted by Gasteiger charge is 1.98. The van der Waals surface area contributed by atoms with Crippen LogP contribution in [0.4, 0.5) is 0 Å². The lowest BCUT2D eigenvalue weighted by Crippen LogP contribution is -1.87. The van der Waals surface area contributed by atoms with E-state index in [1.165, 1.54) is 0 Å². The normalized spacial score (nSPS) is 9.07. The Labute approximate surface area is 84.4 Å². The Bertz CT molecular complexity index is 365. The highest BCUT2D eigenvalue weighted by molar-refractivity contribution is 5.56. The number of rotatable bonds is 1. The zero-order valence-corrected chi connectivity index (χ0v) is 8.81. The molecule has 0 bridgehead atoms. The molecule has 0 atom stereocenters. The van der Waals surface area contributed by atoms with Crippen molar-refractivity contribution >= 4 is 0 Å². The third-order valence-electron chi connectivity index (χ3n) is 1.67. The number of hydrogen-bond acceptors (Lipinski definition) is 2. The van der Waals surface area contributed by atoms with Crippen LogP contribution in [-0.4, -0.2) is 14.8 Å². The van der Waals surface area contributed by atoms with Crippen LogP contribution in [0.3, 0.4) is 0 Å². The summed E-state index contributed by atoms with van der Waals surface area (Å²) in [6.45, 7) is 4.00. The van der Waals surface area contributed by atoms with Crippen molar-refractivity contribution in [1.82, 2.24) is 14.8 Å². The molecule has 0 aliphatic carbocycles. The molecule has 0 aromatic carbocycles. The van der Waals surface area contributed by atoms with E-state index in [0.717, 1.165) is 11.3 Å². The van der Waals surface area contributed by atoms with Crippen molar-refractivity contribution in [2.24, 2.45) is 7.05 Å².